The zero-order valence-corrected chi connectivity index (χ0v) is 18.0. The average Bonchev–Trinajstić information content (AvgIpc) is 3.36. The first-order valence-electron chi connectivity index (χ1n) is 9.54. The predicted molar refractivity (Wildman–Crippen MR) is 95.2 cm³/mol. The Hall–Kier alpha value is -0.130. The van der Waals surface area contributed by atoms with Crippen LogP contribution in [0.5, 0.6) is 0 Å². The molecule has 10 nitrogen and oxygen atoms in total. The molecular formula is C17H30NO9P. The van der Waals surface area contributed by atoms with Crippen LogP contribution in [0.15, 0.2) is 0 Å². The standard InChI is InChI=1S/C17H30NO9P/c1-16(2)22-9-10(25-16)12-13-14(27-17(3,4)26-13)15(24-12)18-11(7-8-23-18)28(19,20-5)21-6/h10-15H,7-9H2,1-6H3/t10-,11+,12-,13+,14+,15+/m1/s1. The first-order valence-corrected chi connectivity index (χ1v) is 11.2. The first-order chi connectivity index (χ1) is 13.1. The molecule has 0 unspecified atom stereocenters. The summed E-state index contributed by atoms with van der Waals surface area (Å²) in [6, 6.07) is 0. The van der Waals surface area contributed by atoms with Crippen LogP contribution in [0.1, 0.15) is 34.1 Å². The topological polar surface area (TPSA) is 94.2 Å². The van der Waals surface area contributed by atoms with Gasteiger partial charge in [-0.25, -0.2) is 0 Å². The molecular weight excluding hydrogens is 393 g/mol. The normalized spacial score (nSPS) is 42.9. The van der Waals surface area contributed by atoms with Gasteiger partial charge in [0.2, 0.25) is 0 Å². The lowest BCUT2D eigenvalue weighted by atomic mass is 10.1. The van der Waals surface area contributed by atoms with E-state index in [1.165, 1.54) is 14.2 Å². The van der Waals surface area contributed by atoms with Crippen LogP contribution in [0, 0.1) is 0 Å². The Labute approximate surface area is 165 Å². The third kappa shape index (κ3) is 3.58. The van der Waals surface area contributed by atoms with Crippen molar-refractivity contribution >= 4 is 7.60 Å². The highest BCUT2D eigenvalue weighted by molar-refractivity contribution is 7.54. The van der Waals surface area contributed by atoms with Crippen molar-refractivity contribution in [2.45, 2.75) is 82.1 Å². The maximum Gasteiger partial charge on any atom is 0.349 e. The molecule has 0 aliphatic carbocycles. The second-order valence-corrected chi connectivity index (χ2v) is 10.7. The molecule has 28 heavy (non-hydrogen) atoms. The minimum absolute atomic E-state index is 0.317. The van der Waals surface area contributed by atoms with Crippen molar-refractivity contribution in [2.24, 2.45) is 0 Å². The van der Waals surface area contributed by atoms with E-state index >= 15 is 0 Å². The Morgan fingerprint density at radius 3 is 2.25 bits per heavy atom. The molecule has 0 amide bonds. The smallest absolute Gasteiger partial charge is 0.349 e. The second-order valence-electron chi connectivity index (χ2n) is 8.29. The number of fused-ring (bicyclic) bond motifs is 1. The number of hydrogen-bond donors (Lipinski definition) is 0. The number of nitrogens with zero attached hydrogens (tertiary/aromatic N) is 1. The minimum atomic E-state index is -3.40. The fraction of sp³-hybridized carbons (Fsp3) is 1.00. The van der Waals surface area contributed by atoms with Gasteiger partial charge in [-0.15, -0.1) is 5.06 Å². The van der Waals surface area contributed by atoms with E-state index in [-0.39, 0.29) is 12.2 Å². The molecule has 0 aromatic rings. The van der Waals surface area contributed by atoms with E-state index in [2.05, 4.69) is 0 Å². The van der Waals surface area contributed by atoms with E-state index < -0.39 is 43.4 Å². The van der Waals surface area contributed by atoms with Crippen LogP contribution in [0.2, 0.25) is 0 Å². The lowest BCUT2D eigenvalue weighted by Gasteiger charge is -2.34. The highest BCUT2D eigenvalue weighted by Crippen LogP contribution is 2.57. The quantitative estimate of drug-likeness (QED) is 0.610. The molecule has 0 bridgehead atoms. The summed E-state index contributed by atoms with van der Waals surface area (Å²) in [7, 11) is -0.669. The van der Waals surface area contributed by atoms with Crippen molar-refractivity contribution in [2.75, 3.05) is 27.4 Å². The van der Waals surface area contributed by atoms with Crippen LogP contribution in [0.25, 0.3) is 0 Å². The minimum Gasteiger partial charge on any atom is -0.349 e. The van der Waals surface area contributed by atoms with Gasteiger partial charge in [0, 0.05) is 20.6 Å². The van der Waals surface area contributed by atoms with E-state index in [1.54, 1.807) is 5.06 Å². The summed E-state index contributed by atoms with van der Waals surface area (Å²) in [6.07, 6.45) is -1.72. The molecule has 0 N–H and O–H groups in total. The Morgan fingerprint density at radius 1 is 0.964 bits per heavy atom. The van der Waals surface area contributed by atoms with Crippen molar-refractivity contribution in [3.63, 3.8) is 0 Å². The van der Waals surface area contributed by atoms with Crippen molar-refractivity contribution < 1.29 is 42.1 Å². The monoisotopic (exact) mass is 423 g/mol. The van der Waals surface area contributed by atoms with Crippen LogP contribution in [0.3, 0.4) is 0 Å². The summed E-state index contributed by atoms with van der Waals surface area (Å²) in [6.45, 7) is 8.19. The third-order valence-electron chi connectivity index (χ3n) is 5.50. The second kappa shape index (κ2) is 7.23. The summed E-state index contributed by atoms with van der Waals surface area (Å²) < 4.78 is 53.7. The molecule has 11 heteroatoms. The molecule has 4 aliphatic rings. The van der Waals surface area contributed by atoms with Crippen molar-refractivity contribution in [3.05, 3.63) is 0 Å². The van der Waals surface area contributed by atoms with Crippen molar-refractivity contribution in [3.8, 4) is 0 Å². The van der Waals surface area contributed by atoms with Gasteiger partial charge in [-0.3, -0.25) is 9.40 Å². The Morgan fingerprint density at radius 2 is 1.64 bits per heavy atom. The molecule has 0 aromatic carbocycles. The molecule has 0 spiro atoms. The number of hydrogen-bond acceptors (Lipinski definition) is 10. The van der Waals surface area contributed by atoms with Gasteiger partial charge in [-0.1, -0.05) is 0 Å². The van der Waals surface area contributed by atoms with Gasteiger partial charge in [0.05, 0.1) is 13.2 Å². The third-order valence-corrected chi connectivity index (χ3v) is 7.73. The number of ether oxygens (including phenoxy) is 5. The lowest BCUT2D eigenvalue weighted by molar-refractivity contribution is -0.276. The van der Waals surface area contributed by atoms with Gasteiger partial charge in [-0.05, 0) is 27.7 Å². The molecule has 162 valence electrons. The Balaban J connectivity index is 1.59. The van der Waals surface area contributed by atoms with Crippen molar-refractivity contribution in [1.29, 1.82) is 0 Å². The summed E-state index contributed by atoms with van der Waals surface area (Å²) >= 11 is 0. The Kier molecular flexibility index (Phi) is 5.45. The van der Waals surface area contributed by atoms with Crippen LogP contribution < -0.4 is 0 Å². The van der Waals surface area contributed by atoms with Gasteiger partial charge in [-0.2, -0.15) is 0 Å². The van der Waals surface area contributed by atoms with E-state index in [9.17, 15) is 4.57 Å². The number of hydroxylamine groups is 2. The van der Waals surface area contributed by atoms with Crippen LogP contribution in [0.4, 0.5) is 0 Å². The van der Waals surface area contributed by atoms with Gasteiger partial charge in [0.15, 0.2) is 17.8 Å². The van der Waals surface area contributed by atoms with E-state index in [1.807, 2.05) is 27.7 Å². The summed E-state index contributed by atoms with van der Waals surface area (Å²) in [4.78, 5) is 5.80. The van der Waals surface area contributed by atoms with E-state index in [4.69, 9.17) is 37.6 Å². The van der Waals surface area contributed by atoms with E-state index in [0.29, 0.717) is 19.6 Å². The van der Waals surface area contributed by atoms with Crippen LogP contribution in [-0.4, -0.2) is 80.5 Å². The SMILES string of the molecule is COP(=O)(OC)[C@H]1CCON1[C@H]1O[C@H]([C@H]2COC(C)(C)O2)[C@@H]2OC(C)(C)O[C@@H]21. The molecule has 0 radical (unpaired) electrons. The summed E-state index contributed by atoms with van der Waals surface area (Å²) in [5.74, 6) is -2.08. The summed E-state index contributed by atoms with van der Waals surface area (Å²) in [5, 5.41) is 1.55. The van der Waals surface area contributed by atoms with Gasteiger partial charge >= 0.3 is 7.60 Å². The fourth-order valence-corrected chi connectivity index (χ4v) is 5.86. The maximum atomic E-state index is 13.0. The van der Waals surface area contributed by atoms with Crippen molar-refractivity contribution in [1.82, 2.24) is 5.06 Å². The largest absolute Gasteiger partial charge is 0.349 e. The lowest BCUT2D eigenvalue weighted by Crippen LogP contribution is -2.46. The first kappa shape index (κ1) is 21.1. The Bertz CT molecular complexity index is 636. The fourth-order valence-electron chi connectivity index (χ4n) is 4.32. The van der Waals surface area contributed by atoms with Crippen LogP contribution >= 0.6 is 7.60 Å². The molecule has 4 rings (SSSR count). The van der Waals surface area contributed by atoms with Gasteiger partial charge in [0.25, 0.3) is 0 Å². The van der Waals surface area contributed by atoms with Gasteiger partial charge < -0.3 is 32.7 Å². The van der Waals surface area contributed by atoms with E-state index in [0.717, 1.165) is 0 Å². The highest BCUT2D eigenvalue weighted by Gasteiger charge is 2.63. The zero-order chi connectivity index (χ0) is 20.3. The maximum absolute atomic E-state index is 13.0. The highest BCUT2D eigenvalue weighted by atomic mass is 31.2. The molecule has 4 saturated heterocycles. The molecule has 6 atom stereocenters. The molecule has 4 aliphatic heterocycles. The average molecular weight is 423 g/mol. The zero-order valence-electron chi connectivity index (χ0n) is 17.2. The number of rotatable bonds is 5. The summed E-state index contributed by atoms with van der Waals surface area (Å²) in [5.41, 5.74) is 0. The molecule has 0 aromatic heterocycles. The molecule has 4 fully saturated rings. The predicted octanol–water partition coefficient (Wildman–Crippen LogP) is 1.83. The molecule has 0 saturated carbocycles. The van der Waals surface area contributed by atoms with Gasteiger partial charge in [0.1, 0.15) is 30.2 Å². The molecule has 4 heterocycles. The van der Waals surface area contributed by atoms with Crippen LogP contribution in [-0.2, 0) is 42.1 Å².